The second-order valence-electron chi connectivity index (χ2n) is 7.95. The molecule has 1 saturated carbocycles. The summed E-state index contributed by atoms with van der Waals surface area (Å²) >= 11 is 0. The predicted molar refractivity (Wildman–Crippen MR) is 105 cm³/mol. The van der Waals surface area contributed by atoms with E-state index in [9.17, 15) is 4.79 Å². The summed E-state index contributed by atoms with van der Waals surface area (Å²) in [7, 11) is 3.88. The van der Waals surface area contributed by atoms with E-state index >= 15 is 0 Å². The van der Waals surface area contributed by atoms with Gasteiger partial charge in [0.1, 0.15) is 0 Å². The van der Waals surface area contributed by atoms with Crippen molar-refractivity contribution >= 4 is 11.7 Å². The Bertz CT molecular complexity index is 788. The average Bonchev–Trinajstić information content (AvgIpc) is 3.27. The zero-order chi connectivity index (χ0) is 18.8. The summed E-state index contributed by atoms with van der Waals surface area (Å²) in [6.07, 6.45) is 13.1. The van der Waals surface area contributed by atoms with Gasteiger partial charge in [-0.25, -0.2) is 4.79 Å². The van der Waals surface area contributed by atoms with E-state index in [4.69, 9.17) is 0 Å². The number of hydrogen-bond donors (Lipinski definition) is 1. The van der Waals surface area contributed by atoms with Gasteiger partial charge in [-0.05, 0) is 38.2 Å². The fourth-order valence-corrected chi connectivity index (χ4v) is 4.66. The van der Waals surface area contributed by atoms with Crippen molar-refractivity contribution in [1.29, 1.82) is 0 Å². The number of hydrogen-bond acceptors (Lipinski definition) is 3. The second kappa shape index (κ2) is 7.74. The minimum absolute atomic E-state index is 0.0223. The van der Waals surface area contributed by atoms with Crippen molar-refractivity contribution in [1.82, 2.24) is 24.5 Å². The van der Waals surface area contributed by atoms with Crippen LogP contribution in [-0.2, 0) is 14.1 Å². The summed E-state index contributed by atoms with van der Waals surface area (Å²) in [4.78, 5) is 15.1. The molecule has 146 valence electrons. The molecule has 1 aliphatic carbocycles. The smallest absolute Gasteiger partial charge is 0.316 e. The molecule has 3 heterocycles. The monoisotopic (exact) mass is 370 g/mol. The summed E-state index contributed by atoms with van der Waals surface area (Å²) in [6.45, 7) is 0.778. The summed E-state index contributed by atoms with van der Waals surface area (Å²) in [6, 6.07) is 2.08. The molecule has 0 aromatic carbocycles. The Morgan fingerprint density at radius 3 is 2.63 bits per heavy atom. The maximum atomic E-state index is 13.2. The Hall–Kier alpha value is -2.31. The van der Waals surface area contributed by atoms with Crippen LogP contribution in [0.5, 0.6) is 0 Å². The Balaban J connectivity index is 1.53. The third kappa shape index (κ3) is 3.73. The van der Waals surface area contributed by atoms with E-state index in [-0.39, 0.29) is 12.1 Å². The highest BCUT2D eigenvalue weighted by molar-refractivity contribution is 5.90. The topological polar surface area (TPSA) is 68.0 Å². The molecule has 2 aromatic heterocycles. The molecule has 2 aromatic rings. The summed E-state index contributed by atoms with van der Waals surface area (Å²) < 4.78 is 3.71. The van der Waals surface area contributed by atoms with E-state index in [1.54, 1.807) is 0 Å². The molecule has 1 N–H and O–H groups in total. The third-order valence-corrected chi connectivity index (χ3v) is 6.05. The molecule has 1 unspecified atom stereocenters. The molecule has 2 aliphatic rings. The molecule has 7 heteroatoms. The van der Waals surface area contributed by atoms with Crippen molar-refractivity contribution < 1.29 is 4.79 Å². The number of carbonyl (C=O) groups is 1. The lowest BCUT2D eigenvalue weighted by molar-refractivity contribution is 0.159. The van der Waals surface area contributed by atoms with Crippen LogP contribution in [0.25, 0.3) is 0 Å². The maximum absolute atomic E-state index is 13.2. The molecule has 2 amide bonds. The first-order valence-electron chi connectivity index (χ1n) is 10.2. The largest absolute Gasteiger partial charge is 0.322 e. The Morgan fingerprint density at radius 2 is 1.89 bits per heavy atom. The van der Waals surface area contributed by atoms with Crippen LogP contribution in [0, 0.1) is 0 Å². The lowest BCUT2D eigenvalue weighted by atomic mass is 9.86. The molecule has 0 bridgehead atoms. The summed E-state index contributed by atoms with van der Waals surface area (Å²) in [5, 5.41) is 12.2. The van der Waals surface area contributed by atoms with Gasteiger partial charge in [-0.3, -0.25) is 9.36 Å². The van der Waals surface area contributed by atoms with Gasteiger partial charge in [0.15, 0.2) is 0 Å². The molecule has 27 heavy (non-hydrogen) atoms. The van der Waals surface area contributed by atoms with Crippen molar-refractivity contribution in [3.63, 3.8) is 0 Å². The average molecular weight is 371 g/mol. The number of aromatic nitrogens is 4. The lowest BCUT2D eigenvalue weighted by Crippen LogP contribution is -2.42. The quantitative estimate of drug-likeness (QED) is 0.889. The molecule has 2 fully saturated rings. The maximum Gasteiger partial charge on any atom is 0.322 e. The Kier molecular flexibility index (Phi) is 5.18. The lowest BCUT2D eigenvalue weighted by Gasteiger charge is -2.35. The van der Waals surface area contributed by atoms with Crippen molar-refractivity contribution in [2.24, 2.45) is 14.1 Å². The van der Waals surface area contributed by atoms with Gasteiger partial charge in [-0.1, -0.05) is 19.3 Å². The zero-order valence-corrected chi connectivity index (χ0v) is 16.4. The van der Waals surface area contributed by atoms with E-state index in [0.717, 1.165) is 42.9 Å². The predicted octanol–water partition coefficient (Wildman–Crippen LogP) is 3.96. The number of aryl methyl sites for hydroxylation is 2. The Labute approximate surface area is 160 Å². The summed E-state index contributed by atoms with van der Waals surface area (Å²) in [5.74, 6) is 0.462. The number of carbonyl (C=O) groups excluding carboxylic acids is 1. The van der Waals surface area contributed by atoms with Gasteiger partial charge < -0.3 is 10.2 Å². The van der Waals surface area contributed by atoms with E-state index < -0.39 is 0 Å². The van der Waals surface area contributed by atoms with Crippen molar-refractivity contribution in [2.45, 2.75) is 63.3 Å². The molecule has 1 saturated heterocycles. The van der Waals surface area contributed by atoms with Gasteiger partial charge in [0, 0.05) is 39.0 Å². The zero-order valence-electron chi connectivity index (χ0n) is 16.4. The molecule has 7 nitrogen and oxygen atoms in total. The molecule has 1 aliphatic heterocycles. The number of likely N-dealkylation sites (tertiary alicyclic amines) is 1. The number of nitrogens with one attached hydrogen (secondary N) is 1. The summed E-state index contributed by atoms with van der Waals surface area (Å²) in [5.41, 5.74) is 3.03. The number of amides is 2. The highest BCUT2D eigenvalue weighted by Gasteiger charge is 2.31. The van der Waals surface area contributed by atoms with Crippen molar-refractivity contribution in [3.05, 3.63) is 29.8 Å². The van der Waals surface area contributed by atoms with Crippen molar-refractivity contribution in [2.75, 3.05) is 11.9 Å². The van der Waals surface area contributed by atoms with Crippen LogP contribution in [0.1, 0.15) is 74.7 Å². The molecule has 4 rings (SSSR count). The molecular formula is C20H30N6O. The van der Waals surface area contributed by atoms with Gasteiger partial charge >= 0.3 is 6.03 Å². The molecular weight excluding hydrogens is 340 g/mol. The van der Waals surface area contributed by atoms with Crippen molar-refractivity contribution in [3.8, 4) is 0 Å². The normalized spacial score (nSPS) is 21.4. The third-order valence-electron chi connectivity index (χ3n) is 6.05. The molecule has 0 radical (unpaired) electrons. The highest BCUT2D eigenvalue weighted by atomic mass is 16.2. The Morgan fingerprint density at radius 1 is 1.11 bits per heavy atom. The fourth-order valence-electron chi connectivity index (χ4n) is 4.66. The van der Waals surface area contributed by atoms with E-state index in [2.05, 4.69) is 15.5 Å². The molecule has 0 spiro atoms. The molecule has 1 atom stereocenters. The van der Waals surface area contributed by atoms with Gasteiger partial charge in [-0.2, -0.15) is 10.2 Å². The van der Waals surface area contributed by atoms with Gasteiger partial charge in [0.25, 0.3) is 0 Å². The SMILES string of the molecule is Cn1cc(NC(=O)N2CCCCC2c2ccnn2C)c(C2CCCCC2)n1. The standard InChI is InChI=1S/C20H30N6O/c1-24-14-16(19(23-24)15-8-4-3-5-9-15)22-20(27)26-13-7-6-10-18(26)17-11-12-21-25(17)2/h11-12,14-15,18H,3-10,13H2,1-2H3,(H,22,27). The minimum Gasteiger partial charge on any atom is -0.316 e. The number of nitrogens with zero attached hydrogens (tertiary/aromatic N) is 5. The van der Waals surface area contributed by atoms with Crippen LogP contribution < -0.4 is 5.32 Å². The van der Waals surface area contributed by atoms with E-state index in [0.29, 0.717) is 5.92 Å². The first-order chi connectivity index (χ1) is 13.1. The number of rotatable bonds is 3. The fraction of sp³-hybridized carbons (Fsp3) is 0.650. The van der Waals surface area contributed by atoms with Crippen LogP contribution in [0.4, 0.5) is 10.5 Å². The van der Waals surface area contributed by atoms with Crippen LogP contribution in [0.2, 0.25) is 0 Å². The van der Waals surface area contributed by atoms with E-state index in [1.165, 1.54) is 32.1 Å². The van der Waals surface area contributed by atoms with Crippen LogP contribution in [0.15, 0.2) is 18.5 Å². The minimum atomic E-state index is -0.0223. The van der Waals surface area contributed by atoms with Crippen LogP contribution >= 0.6 is 0 Å². The first-order valence-corrected chi connectivity index (χ1v) is 10.2. The number of urea groups is 1. The number of anilines is 1. The van der Waals surface area contributed by atoms with Gasteiger partial charge in [0.2, 0.25) is 0 Å². The number of piperidine rings is 1. The van der Waals surface area contributed by atoms with E-state index in [1.807, 2.05) is 46.8 Å². The van der Waals surface area contributed by atoms with Gasteiger partial charge in [0.05, 0.1) is 23.1 Å². The second-order valence-corrected chi connectivity index (χ2v) is 7.95. The van der Waals surface area contributed by atoms with Crippen LogP contribution in [-0.4, -0.2) is 37.0 Å². The van der Waals surface area contributed by atoms with Crippen LogP contribution in [0.3, 0.4) is 0 Å². The highest BCUT2D eigenvalue weighted by Crippen LogP contribution is 2.36. The first kappa shape index (κ1) is 18.1. The van der Waals surface area contributed by atoms with Gasteiger partial charge in [-0.15, -0.1) is 0 Å².